The maximum atomic E-state index is 11.6. The summed E-state index contributed by atoms with van der Waals surface area (Å²) in [5, 5.41) is 0. The lowest BCUT2D eigenvalue weighted by molar-refractivity contribution is -0.130. The first-order chi connectivity index (χ1) is 6.27. The highest BCUT2D eigenvalue weighted by molar-refractivity contribution is 5.78. The Balaban J connectivity index is 1.93. The van der Waals surface area contributed by atoms with Crippen molar-refractivity contribution in [2.45, 2.75) is 31.7 Å². The van der Waals surface area contributed by atoms with Crippen molar-refractivity contribution in [1.29, 1.82) is 0 Å². The van der Waals surface area contributed by atoms with E-state index in [0.717, 1.165) is 25.6 Å². The Bertz CT molecular complexity index is 201. The number of hydrogen-bond donors (Lipinski definition) is 0. The molecule has 0 spiro atoms. The molecule has 0 unspecified atom stereocenters. The molecule has 1 heterocycles. The van der Waals surface area contributed by atoms with Crippen LogP contribution in [-0.2, 0) is 4.79 Å². The van der Waals surface area contributed by atoms with Crippen LogP contribution in [-0.4, -0.2) is 48.4 Å². The van der Waals surface area contributed by atoms with Gasteiger partial charge >= 0.3 is 0 Å². The van der Waals surface area contributed by atoms with Crippen molar-refractivity contribution in [3.63, 3.8) is 0 Å². The molecule has 3 nitrogen and oxygen atoms in total. The van der Waals surface area contributed by atoms with E-state index in [2.05, 4.69) is 4.90 Å². The van der Waals surface area contributed by atoms with Gasteiger partial charge in [-0.05, 0) is 19.3 Å². The first kappa shape index (κ1) is 9.00. The fourth-order valence-electron chi connectivity index (χ4n) is 2.07. The molecule has 2 rings (SSSR count). The second-order valence-corrected chi connectivity index (χ2v) is 4.22. The molecule has 0 bridgehead atoms. The SMILES string of the molecule is CN1CCCN(C2CCC2)CC1=O. The predicted molar refractivity (Wildman–Crippen MR) is 51.5 cm³/mol. The molecule has 2 fully saturated rings. The van der Waals surface area contributed by atoms with E-state index in [0.29, 0.717) is 12.5 Å². The van der Waals surface area contributed by atoms with Gasteiger partial charge in [-0.25, -0.2) is 0 Å². The van der Waals surface area contributed by atoms with Crippen LogP contribution in [0.3, 0.4) is 0 Å². The lowest BCUT2D eigenvalue weighted by Crippen LogP contribution is -2.43. The molecular formula is C10H18N2O. The van der Waals surface area contributed by atoms with Crippen molar-refractivity contribution in [3.05, 3.63) is 0 Å². The zero-order chi connectivity index (χ0) is 9.26. The van der Waals surface area contributed by atoms with Gasteiger partial charge in [-0.3, -0.25) is 9.69 Å². The molecule has 1 amide bonds. The topological polar surface area (TPSA) is 23.6 Å². The number of rotatable bonds is 1. The van der Waals surface area contributed by atoms with Crippen molar-refractivity contribution >= 4 is 5.91 Å². The number of likely N-dealkylation sites (N-methyl/N-ethyl adjacent to an activating group) is 1. The van der Waals surface area contributed by atoms with Crippen molar-refractivity contribution in [2.75, 3.05) is 26.7 Å². The summed E-state index contributed by atoms with van der Waals surface area (Å²) in [6, 6.07) is 0.718. The highest BCUT2D eigenvalue weighted by Crippen LogP contribution is 2.25. The van der Waals surface area contributed by atoms with Crippen LogP contribution in [0.1, 0.15) is 25.7 Å². The average molecular weight is 182 g/mol. The molecule has 1 saturated carbocycles. The van der Waals surface area contributed by atoms with E-state index in [9.17, 15) is 4.79 Å². The zero-order valence-electron chi connectivity index (χ0n) is 8.33. The smallest absolute Gasteiger partial charge is 0.236 e. The summed E-state index contributed by atoms with van der Waals surface area (Å²) in [6.45, 7) is 2.70. The van der Waals surface area contributed by atoms with Crippen LogP contribution < -0.4 is 0 Å². The minimum atomic E-state index is 0.296. The highest BCUT2D eigenvalue weighted by atomic mass is 16.2. The molecule has 0 aromatic rings. The van der Waals surface area contributed by atoms with E-state index in [4.69, 9.17) is 0 Å². The van der Waals surface area contributed by atoms with Crippen LogP contribution in [0.5, 0.6) is 0 Å². The first-order valence-corrected chi connectivity index (χ1v) is 5.25. The van der Waals surface area contributed by atoms with Crippen LogP contribution in [0.4, 0.5) is 0 Å². The third kappa shape index (κ3) is 1.85. The average Bonchev–Trinajstić information content (AvgIpc) is 2.12. The minimum absolute atomic E-state index is 0.296. The van der Waals surface area contributed by atoms with Crippen LogP contribution in [0.15, 0.2) is 0 Å². The van der Waals surface area contributed by atoms with Gasteiger partial charge < -0.3 is 4.90 Å². The zero-order valence-corrected chi connectivity index (χ0v) is 8.33. The molecule has 74 valence electrons. The first-order valence-electron chi connectivity index (χ1n) is 5.25. The Morgan fingerprint density at radius 1 is 1.23 bits per heavy atom. The van der Waals surface area contributed by atoms with Gasteiger partial charge in [0.25, 0.3) is 0 Å². The maximum absolute atomic E-state index is 11.6. The molecule has 13 heavy (non-hydrogen) atoms. The Morgan fingerprint density at radius 2 is 2.00 bits per heavy atom. The van der Waals surface area contributed by atoms with Crippen molar-refractivity contribution < 1.29 is 4.79 Å². The highest BCUT2D eigenvalue weighted by Gasteiger charge is 2.28. The Kier molecular flexibility index (Phi) is 2.54. The molecule has 0 radical (unpaired) electrons. The Labute approximate surface area is 79.7 Å². The monoisotopic (exact) mass is 182 g/mol. The Hall–Kier alpha value is -0.570. The third-order valence-corrected chi connectivity index (χ3v) is 3.29. The third-order valence-electron chi connectivity index (χ3n) is 3.29. The van der Waals surface area contributed by atoms with Gasteiger partial charge in [0.2, 0.25) is 5.91 Å². The summed E-state index contributed by atoms with van der Waals surface area (Å²) in [6.07, 6.45) is 5.10. The summed E-state index contributed by atoms with van der Waals surface area (Å²) in [7, 11) is 1.91. The summed E-state index contributed by atoms with van der Waals surface area (Å²) in [5.41, 5.74) is 0. The fourth-order valence-corrected chi connectivity index (χ4v) is 2.07. The fraction of sp³-hybridized carbons (Fsp3) is 0.900. The molecule has 2 aliphatic rings. The quantitative estimate of drug-likeness (QED) is 0.596. The van der Waals surface area contributed by atoms with Crippen LogP contribution in [0.2, 0.25) is 0 Å². The van der Waals surface area contributed by atoms with E-state index in [1.807, 2.05) is 11.9 Å². The lowest BCUT2D eigenvalue weighted by Gasteiger charge is -2.36. The number of carbonyl (C=O) groups excluding carboxylic acids is 1. The molecule has 1 saturated heterocycles. The molecule has 0 N–H and O–H groups in total. The number of hydrogen-bond acceptors (Lipinski definition) is 2. The number of amides is 1. The minimum Gasteiger partial charge on any atom is -0.345 e. The van der Waals surface area contributed by atoms with Crippen molar-refractivity contribution in [1.82, 2.24) is 9.80 Å². The molecular weight excluding hydrogens is 164 g/mol. The molecule has 0 atom stereocenters. The lowest BCUT2D eigenvalue weighted by atomic mass is 9.91. The van der Waals surface area contributed by atoms with E-state index >= 15 is 0 Å². The van der Waals surface area contributed by atoms with Gasteiger partial charge in [0.15, 0.2) is 0 Å². The second kappa shape index (κ2) is 3.66. The van der Waals surface area contributed by atoms with Crippen molar-refractivity contribution in [3.8, 4) is 0 Å². The van der Waals surface area contributed by atoms with Gasteiger partial charge in [-0.1, -0.05) is 6.42 Å². The maximum Gasteiger partial charge on any atom is 0.236 e. The summed E-state index contributed by atoms with van der Waals surface area (Å²) in [5.74, 6) is 0.296. The molecule has 1 aliphatic carbocycles. The van der Waals surface area contributed by atoms with Crippen LogP contribution >= 0.6 is 0 Å². The predicted octanol–water partition coefficient (Wildman–Crippen LogP) is 0.703. The molecule has 0 aromatic heterocycles. The largest absolute Gasteiger partial charge is 0.345 e. The molecule has 1 aliphatic heterocycles. The molecule has 3 heteroatoms. The van der Waals surface area contributed by atoms with Gasteiger partial charge in [0, 0.05) is 26.2 Å². The normalized spacial score (nSPS) is 27.2. The summed E-state index contributed by atoms with van der Waals surface area (Å²) >= 11 is 0. The van der Waals surface area contributed by atoms with E-state index in [1.54, 1.807) is 0 Å². The number of nitrogens with zero attached hydrogens (tertiary/aromatic N) is 2. The van der Waals surface area contributed by atoms with Gasteiger partial charge in [-0.15, -0.1) is 0 Å². The van der Waals surface area contributed by atoms with Crippen molar-refractivity contribution in [2.24, 2.45) is 0 Å². The Morgan fingerprint density at radius 3 is 2.62 bits per heavy atom. The van der Waals surface area contributed by atoms with Crippen LogP contribution in [0, 0.1) is 0 Å². The van der Waals surface area contributed by atoms with Gasteiger partial charge in [0.1, 0.15) is 0 Å². The summed E-state index contributed by atoms with van der Waals surface area (Å²) < 4.78 is 0. The standard InChI is InChI=1S/C10H18N2O/c1-11-6-3-7-12(8-10(11)13)9-4-2-5-9/h9H,2-8H2,1H3. The van der Waals surface area contributed by atoms with E-state index < -0.39 is 0 Å². The second-order valence-electron chi connectivity index (χ2n) is 4.22. The number of carbonyl (C=O) groups is 1. The van der Waals surface area contributed by atoms with E-state index in [1.165, 1.54) is 19.3 Å². The van der Waals surface area contributed by atoms with Gasteiger partial charge in [-0.2, -0.15) is 0 Å². The van der Waals surface area contributed by atoms with E-state index in [-0.39, 0.29) is 0 Å². The molecule has 0 aromatic carbocycles. The van der Waals surface area contributed by atoms with Gasteiger partial charge in [0.05, 0.1) is 6.54 Å². The summed E-state index contributed by atoms with van der Waals surface area (Å²) in [4.78, 5) is 15.8. The van der Waals surface area contributed by atoms with Crippen LogP contribution in [0.25, 0.3) is 0 Å².